The van der Waals surface area contributed by atoms with Crippen molar-refractivity contribution in [1.82, 2.24) is 0 Å². The lowest BCUT2D eigenvalue weighted by Crippen LogP contribution is -2.06. The maximum atomic E-state index is 13.0. The van der Waals surface area contributed by atoms with Crippen LogP contribution in [0.25, 0.3) is 6.08 Å². The first-order valence-corrected chi connectivity index (χ1v) is 9.21. The van der Waals surface area contributed by atoms with Crippen LogP contribution < -0.4 is 4.74 Å². The molecule has 1 heterocycles. The molecule has 0 unspecified atom stereocenters. The number of halogens is 2. The predicted octanol–water partition coefficient (Wildman–Crippen LogP) is 5.40. The summed E-state index contributed by atoms with van der Waals surface area (Å²) in [5.74, 6) is -0.325. The van der Waals surface area contributed by atoms with E-state index in [1.54, 1.807) is 36.4 Å². The Balaban J connectivity index is 1.53. The SMILES string of the molecule is O=C1ON=C(c2ccccc2)/C1=C/c1ccc(OCc2ccc(F)cc2)c(Cl)c1. The van der Waals surface area contributed by atoms with E-state index in [2.05, 4.69) is 5.16 Å². The predicted molar refractivity (Wildman–Crippen MR) is 109 cm³/mol. The second kappa shape index (κ2) is 8.29. The van der Waals surface area contributed by atoms with Crippen molar-refractivity contribution in [1.29, 1.82) is 0 Å². The van der Waals surface area contributed by atoms with E-state index in [0.29, 0.717) is 27.6 Å². The molecule has 0 spiro atoms. The molecule has 0 saturated carbocycles. The molecular weight excluding hydrogens is 393 g/mol. The molecule has 1 aliphatic heterocycles. The number of hydrogen-bond acceptors (Lipinski definition) is 4. The highest BCUT2D eigenvalue weighted by Gasteiger charge is 2.26. The number of ether oxygens (including phenoxy) is 1. The molecule has 29 heavy (non-hydrogen) atoms. The lowest BCUT2D eigenvalue weighted by molar-refractivity contribution is -0.136. The largest absolute Gasteiger partial charge is 0.487 e. The Morgan fingerprint density at radius 2 is 1.79 bits per heavy atom. The lowest BCUT2D eigenvalue weighted by atomic mass is 10.0. The van der Waals surface area contributed by atoms with Crippen LogP contribution in [0.1, 0.15) is 16.7 Å². The molecule has 0 amide bonds. The first-order valence-electron chi connectivity index (χ1n) is 8.84. The van der Waals surface area contributed by atoms with E-state index in [1.807, 2.05) is 30.3 Å². The van der Waals surface area contributed by atoms with Crippen LogP contribution in [0, 0.1) is 5.82 Å². The normalized spacial score (nSPS) is 14.6. The second-order valence-corrected chi connectivity index (χ2v) is 6.75. The zero-order valence-corrected chi connectivity index (χ0v) is 15.9. The van der Waals surface area contributed by atoms with Gasteiger partial charge >= 0.3 is 5.97 Å². The molecule has 4 rings (SSSR count). The fourth-order valence-electron chi connectivity index (χ4n) is 2.85. The minimum Gasteiger partial charge on any atom is -0.487 e. The summed E-state index contributed by atoms with van der Waals surface area (Å²) in [6.45, 7) is 0.261. The molecule has 0 saturated heterocycles. The Morgan fingerprint density at radius 1 is 1.03 bits per heavy atom. The van der Waals surface area contributed by atoms with Gasteiger partial charge in [-0.05, 0) is 41.5 Å². The fraction of sp³-hybridized carbons (Fsp3) is 0.0435. The molecule has 6 heteroatoms. The average Bonchev–Trinajstić information content (AvgIpc) is 3.09. The lowest BCUT2D eigenvalue weighted by Gasteiger charge is -2.09. The number of carbonyl (C=O) groups is 1. The van der Waals surface area contributed by atoms with Crippen molar-refractivity contribution in [2.75, 3.05) is 0 Å². The van der Waals surface area contributed by atoms with E-state index < -0.39 is 5.97 Å². The van der Waals surface area contributed by atoms with Gasteiger partial charge in [-0.3, -0.25) is 0 Å². The number of rotatable bonds is 5. The Hall–Kier alpha value is -3.44. The van der Waals surface area contributed by atoms with Crippen molar-refractivity contribution in [3.05, 3.63) is 106 Å². The van der Waals surface area contributed by atoms with Gasteiger partial charge in [-0.15, -0.1) is 0 Å². The molecule has 144 valence electrons. The minimum absolute atomic E-state index is 0.261. The quantitative estimate of drug-likeness (QED) is 0.420. The van der Waals surface area contributed by atoms with Gasteiger partial charge in [0.2, 0.25) is 0 Å². The summed E-state index contributed by atoms with van der Waals surface area (Å²) in [4.78, 5) is 17.0. The summed E-state index contributed by atoms with van der Waals surface area (Å²) < 4.78 is 18.7. The zero-order chi connectivity index (χ0) is 20.2. The molecule has 1 aliphatic rings. The van der Waals surface area contributed by atoms with Crippen LogP contribution in [-0.4, -0.2) is 11.7 Å². The second-order valence-electron chi connectivity index (χ2n) is 6.35. The van der Waals surface area contributed by atoms with Gasteiger partial charge in [0.05, 0.1) is 10.6 Å². The molecule has 0 fully saturated rings. The Bertz CT molecular complexity index is 1110. The van der Waals surface area contributed by atoms with E-state index in [4.69, 9.17) is 21.2 Å². The maximum Gasteiger partial charge on any atom is 0.368 e. The average molecular weight is 408 g/mol. The fourth-order valence-corrected chi connectivity index (χ4v) is 3.09. The van der Waals surface area contributed by atoms with Crippen LogP contribution in [0.5, 0.6) is 5.75 Å². The molecule has 0 atom stereocenters. The summed E-state index contributed by atoms with van der Waals surface area (Å²) in [6, 6.07) is 20.6. The molecule has 0 N–H and O–H groups in total. The standard InChI is InChI=1S/C23H15ClFNO3/c24-20-13-16(8-11-21(20)28-14-15-6-9-18(25)10-7-15)12-19-22(26-29-23(19)27)17-4-2-1-3-5-17/h1-13H,14H2/b19-12-. The van der Waals surface area contributed by atoms with Gasteiger partial charge in [-0.1, -0.05) is 65.3 Å². The maximum absolute atomic E-state index is 13.0. The van der Waals surface area contributed by atoms with Crippen LogP contribution in [0.4, 0.5) is 4.39 Å². The van der Waals surface area contributed by atoms with Gasteiger partial charge in [0.1, 0.15) is 23.9 Å². The van der Waals surface area contributed by atoms with Crippen LogP contribution in [0.3, 0.4) is 0 Å². The number of nitrogens with zero attached hydrogens (tertiary/aromatic N) is 1. The molecule has 4 nitrogen and oxygen atoms in total. The third-order valence-electron chi connectivity index (χ3n) is 4.32. The van der Waals surface area contributed by atoms with Crippen LogP contribution in [-0.2, 0) is 16.2 Å². The summed E-state index contributed by atoms with van der Waals surface area (Å²) >= 11 is 6.34. The van der Waals surface area contributed by atoms with Gasteiger partial charge < -0.3 is 9.57 Å². The van der Waals surface area contributed by atoms with E-state index in [9.17, 15) is 9.18 Å². The molecule has 3 aromatic carbocycles. The van der Waals surface area contributed by atoms with Crippen LogP contribution >= 0.6 is 11.6 Å². The van der Waals surface area contributed by atoms with Crippen LogP contribution in [0.2, 0.25) is 5.02 Å². The Morgan fingerprint density at radius 3 is 2.52 bits per heavy atom. The van der Waals surface area contributed by atoms with Gasteiger partial charge in [0.15, 0.2) is 0 Å². The first-order chi connectivity index (χ1) is 14.1. The number of hydrogen-bond donors (Lipinski definition) is 0. The molecule has 0 radical (unpaired) electrons. The number of oxime groups is 1. The summed E-state index contributed by atoms with van der Waals surface area (Å²) in [7, 11) is 0. The minimum atomic E-state index is -0.517. The van der Waals surface area contributed by atoms with E-state index in [0.717, 1.165) is 11.1 Å². The molecule has 0 bridgehead atoms. The molecule has 0 aliphatic carbocycles. The van der Waals surface area contributed by atoms with Crippen molar-refractivity contribution >= 4 is 29.4 Å². The van der Waals surface area contributed by atoms with E-state index in [1.165, 1.54) is 12.1 Å². The summed E-state index contributed by atoms with van der Waals surface area (Å²) in [5.41, 5.74) is 3.15. The highest BCUT2D eigenvalue weighted by molar-refractivity contribution is 6.33. The monoisotopic (exact) mass is 407 g/mol. The Labute approximate surface area is 171 Å². The van der Waals surface area contributed by atoms with Crippen molar-refractivity contribution in [3.8, 4) is 5.75 Å². The highest BCUT2D eigenvalue weighted by Crippen LogP contribution is 2.28. The highest BCUT2D eigenvalue weighted by atomic mass is 35.5. The van der Waals surface area contributed by atoms with Crippen molar-refractivity contribution < 1.29 is 18.8 Å². The number of benzene rings is 3. The smallest absolute Gasteiger partial charge is 0.368 e. The molecule has 3 aromatic rings. The Kier molecular flexibility index (Phi) is 5.40. The third-order valence-corrected chi connectivity index (χ3v) is 4.61. The molecular formula is C23H15ClFNO3. The topological polar surface area (TPSA) is 47.9 Å². The van der Waals surface area contributed by atoms with E-state index in [-0.39, 0.29) is 12.4 Å². The third kappa shape index (κ3) is 4.36. The van der Waals surface area contributed by atoms with Crippen LogP contribution in [0.15, 0.2) is 83.5 Å². The van der Waals surface area contributed by atoms with Crippen molar-refractivity contribution in [3.63, 3.8) is 0 Å². The van der Waals surface area contributed by atoms with Gasteiger partial charge in [0.25, 0.3) is 0 Å². The van der Waals surface area contributed by atoms with Crippen molar-refractivity contribution in [2.24, 2.45) is 5.16 Å². The summed E-state index contributed by atoms with van der Waals surface area (Å²) in [6.07, 6.45) is 1.68. The van der Waals surface area contributed by atoms with E-state index >= 15 is 0 Å². The first kappa shape index (κ1) is 18.9. The zero-order valence-electron chi connectivity index (χ0n) is 15.1. The van der Waals surface area contributed by atoms with Crippen molar-refractivity contribution in [2.45, 2.75) is 6.61 Å². The van der Waals surface area contributed by atoms with Gasteiger partial charge in [-0.25, -0.2) is 9.18 Å². The van der Waals surface area contributed by atoms with Gasteiger partial charge in [-0.2, -0.15) is 0 Å². The summed E-state index contributed by atoms with van der Waals surface area (Å²) in [5, 5.41) is 4.28. The number of carbonyl (C=O) groups excluding carboxylic acids is 1. The van der Waals surface area contributed by atoms with Gasteiger partial charge in [0, 0.05) is 5.56 Å². The molecule has 0 aromatic heterocycles.